The predicted molar refractivity (Wildman–Crippen MR) is 244 cm³/mol. The van der Waals surface area contributed by atoms with Crippen molar-refractivity contribution in [2.24, 2.45) is 17.8 Å². The van der Waals surface area contributed by atoms with Crippen molar-refractivity contribution in [3.05, 3.63) is 147 Å². The monoisotopic (exact) mass is 970 g/mol. The van der Waals surface area contributed by atoms with Gasteiger partial charge in [-0.15, -0.1) is 0 Å². The smallest absolute Gasteiger partial charge is 0.414 e. The van der Waals surface area contributed by atoms with Crippen LogP contribution in [0.3, 0.4) is 0 Å². The number of aromatic nitrogens is 1. The summed E-state index contributed by atoms with van der Waals surface area (Å²) < 4.78 is 50.8. The molecule has 2 unspecified atom stereocenters. The normalized spacial score (nSPS) is 21.1. The van der Waals surface area contributed by atoms with Crippen LogP contribution in [0.1, 0.15) is 64.2 Å². The van der Waals surface area contributed by atoms with Gasteiger partial charge >= 0.3 is 12.7 Å². The maximum atomic E-state index is 14.3. The lowest BCUT2D eigenvalue weighted by Gasteiger charge is -2.52. The largest absolute Gasteiger partial charge is 0.550 e. The van der Waals surface area contributed by atoms with E-state index in [-0.39, 0.29) is 71.9 Å². The van der Waals surface area contributed by atoms with Gasteiger partial charge in [0.2, 0.25) is 12.4 Å². The number of halogens is 4. The van der Waals surface area contributed by atoms with E-state index in [0.717, 1.165) is 62.1 Å². The highest BCUT2D eigenvalue weighted by Crippen LogP contribution is 2.44. The number of ether oxygens (including phenoxy) is 4. The van der Waals surface area contributed by atoms with Gasteiger partial charge in [0.05, 0.1) is 13.2 Å². The molecule has 4 aliphatic heterocycles. The standard InChI is InChI=1S/C51H50Cl2F2N4O9/c52-42-26-57(64)27-43(53)40(42)23-39(36-15-16-44(67-50(54)55)45(22-36)66-30-31-9-10-31)47-41(49(61)62)25-59(47)48(60)35-13-11-32(12-14-35)29-65-38-8-4-5-33(21-38)24-58(37-6-2-1-3-7-37)51(63)68-46-28-56-19-17-34(46)18-20-56/h1-8,11-16,21-22,26-27,31,34,39,41,46-47,50H,9-10,17-20,23-25,28-30H2,(H-,61,62,64)/t39-,41?,46-,47?/m0/s1. The maximum Gasteiger partial charge on any atom is 0.414 e. The molecule has 4 saturated heterocycles. The summed E-state index contributed by atoms with van der Waals surface area (Å²) >= 11 is 13.2. The van der Waals surface area contributed by atoms with Gasteiger partial charge in [-0.25, -0.2) is 4.79 Å². The first-order chi connectivity index (χ1) is 32.9. The second-order valence-corrected chi connectivity index (χ2v) is 18.8. The number of anilines is 1. The summed E-state index contributed by atoms with van der Waals surface area (Å²) in [5.41, 5.74) is 3.41. The van der Waals surface area contributed by atoms with Gasteiger partial charge in [-0.05, 0) is 122 Å². The van der Waals surface area contributed by atoms with Gasteiger partial charge in [0, 0.05) is 58.5 Å². The molecule has 1 N–H and O–H groups in total. The molecule has 0 radical (unpaired) electrons. The minimum atomic E-state index is -3.13. The Morgan fingerprint density at radius 1 is 0.838 bits per heavy atom. The van der Waals surface area contributed by atoms with Crippen molar-refractivity contribution in [3.8, 4) is 17.2 Å². The summed E-state index contributed by atoms with van der Waals surface area (Å²) in [6, 6.07) is 27.1. The Morgan fingerprint density at radius 3 is 2.24 bits per heavy atom. The van der Waals surface area contributed by atoms with Gasteiger partial charge in [0.1, 0.15) is 28.5 Å². The van der Waals surface area contributed by atoms with Crippen LogP contribution in [-0.2, 0) is 29.1 Å². The highest BCUT2D eigenvalue weighted by molar-refractivity contribution is 6.35. The number of likely N-dealkylation sites (tertiary alicyclic amines) is 1. The zero-order valence-electron chi connectivity index (χ0n) is 36.9. The number of para-hydroxylation sites is 1. The average molecular weight is 972 g/mol. The van der Waals surface area contributed by atoms with Crippen LogP contribution in [0.15, 0.2) is 109 Å². The van der Waals surface area contributed by atoms with E-state index in [1.807, 2.05) is 54.6 Å². The van der Waals surface area contributed by atoms with Crippen LogP contribution in [0, 0.1) is 17.8 Å². The fourth-order valence-corrected chi connectivity index (χ4v) is 10.1. The Bertz CT molecular complexity index is 2590. The molecule has 17 heteroatoms. The fourth-order valence-electron chi connectivity index (χ4n) is 9.49. The molecule has 4 aromatic carbocycles. The number of aliphatic carboxylic acids is 1. The number of alkyl halides is 2. The molecule has 10 rings (SSSR count). The molecule has 1 saturated carbocycles. The molecule has 5 aliphatic rings. The van der Waals surface area contributed by atoms with Crippen LogP contribution in [-0.4, -0.2) is 84.5 Å². The molecule has 5 fully saturated rings. The fraction of sp³-hybridized carbons (Fsp3) is 0.373. The summed E-state index contributed by atoms with van der Waals surface area (Å²) in [5.74, 6) is -2.72. The highest BCUT2D eigenvalue weighted by Gasteiger charge is 2.48. The van der Waals surface area contributed by atoms with Gasteiger partial charge in [-0.1, -0.05) is 71.7 Å². The number of pyridine rings is 1. The number of rotatable bonds is 18. The Balaban J connectivity index is 0.909. The Kier molecular flexibility index (Phi) is 14.2. The molecule has 5 aromatic rings. The molecular weight excluding hydrogens is 921 g/mol. The third-order valence-corrected chi connectivity index (χ3v) is 14.1. The number of amides is 2. The van der Waals surface area contributed by atoms with Gasteiger partial charge in [-0.3, -0.25) is 19.8 Å². The summed E-state index contributed by atoms with van der Waals surface area (Å²) in [6.45, 7) is 0.245. The first-order valence-corrected chi connectivity index (χ1v) is 23.5. The third kappa shape index (κ3) is 10.9. The molecule has 2 bridgehead atoms. The Morgan fingerprint density at radius 2 is 1.57 bits per heavy atom. The number of carbonyl (C=O) groups excluding carboxylic acids is 3. The summed E-state index contributed by atoms with van der Waals surface area (Å²) in [6.07, 6.45) is 5.83. The zero-order chi connectivity index (χ0) is 47.5. The van der Waals surface area contributed by atoms with Gasteiger partial charge in [0.25, 0.3) is 5.91 Å². The third-order valence-electron chi connectivity index (χ3n) is 13.4. The van der Waals surface area contributed by atoms with Crippen molar-refractivity contribution in [2.45, 2.75) is 69.9 Å². The van der Waals surface area contributed by atoms with E-state index in [4.69, 9.17) is 42.1 Å². The van der Waals surface area contributed by atoms with Crippen molar-refractivity contribution in [1.29, 1.82) is 0 Å². The minimum Gasteiger partial charge on any atom is -0.550 e. The Hall–Kier alpha value is -6.16. The number of hydrogen-bond donors (Lipinski definition) is 1. The van der Waals surface area contributed by atoms with E-state index in [0.29, 0.717) is 27.5 Å². The lowest BCUT2D eigenvalue weighted by atomic mass is 9.73. The number of hydrogen-bond acceptors (Lipinski definition) is 10. The molecule has 1 aliphatic carbocycles. The number of piperidine rings is 3. The zero-order valence-corrected chi connectivity index (χ0v) is 38.4. The van der Waals surface area contributed by atoms with E-state index in [1.165, 1.54) is 35.5 Å². The minimum absolute atomic E-state index is 0.0144. The SMILES string of the molecule is O=C([O-])C1CN(C(=O)c2ccc(COc3cccc(CN(C(=O)O[C@H]4CN5CCC4CC5)c4ccccc4)c3)cc2)C1[C@@H](Cc1c(Cl)c[n+](O)cc1Cl)c1ccc(OC(F)F)c(OCC2CC2)c1. The molecule has 356 valence electrons. The lowest BCUT2D eigenvalue weighted by molar-refractivity contribution is -0.904. The van der Waals surface area contributed by atoms with Crippen molar-refractivity contribution in [3.63, 3.8) is 0 Å². The van der Waals surface area contributed by atoms with Crippen molar-refractivity contribution >= 4 is 46.9 Å². The Labute approximate surface area is 402 Å². The summed E-state index contributed by atoms with van der Waals surface area (Å²) in [5, 5.41) is 22.9. The van der Waals surface area contributed by atoms with E-state index < -0.39 is 42.5 Å². The number of nitrogens with zero attached hydrogens (tertiary/aromatic N) is 4. The van der Waals surface area contributed by atoms with Gasteiger partial charge in [0.15, 0.2) is 11.5 Å². The lowest BCUT2D eigenvalue weighted by Crippen LogP contribution is -2.66. The molecule has 13 nitrogen and oxygen atoms in total. The number of carboxylic acids is 1. The van der Waals surface area contributed by atoms with Crippen molar-refractivity contribution in [2.75, 3.05) is 37.7 Å². The van der Waals surface area contributed by atoms with Crippen LogP contribution < -0.4 is 28.9 Å². The first-order valence-electron chi connectivity index (χ1n) is 22.7. The highest BCUT2D eigenvalue weighted by atomic mass is 35.5. The maximum absolute atomic E-state index is 14.3. The van der Waals surface area contributed by atoms with Crippen molar-refractivity contribution in [1.82, 2.24) is 9.80 Å². The van der Waals surface area contributed by atoms with E-state index in [2.05, 4.69) is 4.90 Å². The number of benzene rings is 4. The van der Waals surface area contributed by atoms with Crippen LogP contribution >= 0.6 is 23.2 Å². The van der Waals surface area contributed by atoms with Crippen molar-refractivity contribution < 1.29 is 57.2 Å². The van der Waals surface area contributed by atoms with Crippen LogP contribution in [0.2, 0.25) is 10.0 Å². The van der Waals surface area contributed by atoms with Gasteiger partial charge in [-0.2, -0.15) is 8.78 Å². The summed E-state index contributed by atoms with van der Waals surface area (Å²) in [4.78, 5) is 46.2. The number of fused-ring (bicyclic) bond motifs is 3. The quantitative estimate of drug-likeness (QED) is 0.0679. The van der Waals surface area contributed by atoms with E-state index in [9.17, 15) is 33.5 Å². The van der Waals surface area contributed by atoms with Gasteiger partial charge < -0.3 is 33.7 Å². The van der Waals surface area contributed by atoms with E-state index >= 15 is 0 Å². The molecule has 0 spiro atoms. The molecule has 5 heterocycles. The number of carboxylic acid groups (broad SMARTS) is 1. The van der Waals surface area contributed by atoms with Crippen LogP contribution in [0.25, 0.3) is 0 Å². The predicted octanol–water partition coefficient (Wildman–Crippen LogP) is 7.94. The molecule has 2 amide bonds. The molecule has 68 heavy (non-hydrogen) atoms. The molecule has 4 atom stereocenters. The number of carbonyl (C=O) groups is 3. The second kappa shape index (κ2) is 20.6. The molecular formula is C51H50Cl2F2N4O9. The average Bonchev–Trinajstić information content (AvgIpc) is 4.15. The summed E-state index contributed by atoms with van der Waals surface area (Å²) in [7, 11) is 0. The van der Waals surface area contributed by atoms with Crippen LogP contribution in [0.5, 0.6) is 17.2 Å². The topological polar surface area (TPSA) is 145 Å². The first kappa shape index (κ1) is 46.9. The van der Waals surface area contributed by atoms with Crippen LogP contribution in [0.4, 0.5) is 19.3 Å². The molecule has 1 aromatic heterocycles. The van der Waals surface area contributed by atoms with E-state index in [1.54, 1.807) is 29.2 Å². The second-order valence-electron chi connectivity index (χ2n) is 18.0.